The Morgan fingerprint density at radius 2 is 2.05 bits per heavy atom. The molecule has 5 heteroatoms. The molecule has 0 aliphatic carbocycles. The van der Waals surface area contributed by atoms with E-state index in [1.165, 1.54) is 7.11 Å². The first-order chi connectivity index (χ1) is 9.13. The number of carbonyl (C=O) groups is 1. The second-order valence-electron chi connectivity index (χ2n) is 4.54. The second-order valence-corrected chi connectivity index (χ2v) is 4.54. The molecule has 104 valence electrons. The van der Waals surface area contributed by atoms with Crippen molar-refractivity contribution in [2.75, 3.05) is 7.11 Å². The minimum Gasteiger partial charge on any atom is -0.467 e. The first-order valence-electron chi connectivity index (χ1n) is 6.20. The van der Waals surface area contributed by atoms with E-state index in [2.05, 4.69) is 4.74 Å². The lowest BCUT2D eigenvalue weighted by Gasteiger charge is -2.19. The first kappa shape index (κ1) is 14.0. The van der Waals surface area contributed by atoms with Gasteiger partial charge in [-0.05, 0) is 12.5 Å². The summed E-state index contributed by atoms with van der Waals surface area (Å²) in [5.41, 5.74) is 0.970. The average molecular weight is 266 g/mol. The van der Waals surface area contributed by atoms with E-state index in [1.807, 2.05) is 30.3 Å². The van der Waals surface area contributed by atoms with E-state index >= 15 is 0 Å². The van der Waals surface area contributed by atoms with Gasteiger partial charge in [0, 0.05) is 0 Å². The summed E-state index contributed by atoms with van der Waals surface area (Å²) in [5.74, 6) is -0.526. The maximum Gasteiger partial charge on any atom is 0.337 e. The lowest BCUT2D eigenvalue weighted by atomic mass is 10.1. The molecule has 1 fully saturated rings. The van der Waals surface area contributed by atoms with Crippen LogP contribution in [0.1, 0.15) is 12.5 Å². The summed E-state index contributed by atoms with van der Waals surface area (Å²) >= 11 is 0. The van der Waals surface area contributed by atoms with Crippen molar-refractivity contribution in [3.8, 4) is 0 Å². The van der Waals surface area contributed by atoms with Gasteiger partial charge in [-0.15, -0.1) is 0 Å². The summed E-state index contributed by atoms with van der Waals surface area (Å²) in [5, 5.41) is 9.99. The minimum absolute atomic E-state index is 0.312. The number of hydrogen-bond acceptors (Lipinski definition) is 5. The lowest BCUT2D eigenvalue weighted by molar-refractivity contribution is -0.159. The molecule has 1 aromatic carbocycles. The Balaban J connectivity index is 2.01. The molecule has 19 heavy (non-hydrogen) atoms. The maximum atomic E-state index is 11.6. The van der Waals surface area contributed by atoms with Crippen molar-refractivity contribution in [2.24, 2.45) is 0 Å². The van der Waals surface area contributed by atoms with Crippen molar-refractivity contribution in [3.63, 3.8) is 0 Å². The SMILES string of the molecule is COC(=O)[C@@H]1O[C@H](C)[C@@H](O)[C@@H]1OCc1ccccc1. The van der Waals surface area contributed by atoms with Gasteiger partial charge in [-0.3, -0.25) is 0 Å². The minimum atomic E-state index is -0.876. The fourth-order valence-corrected chi connectivity index (χ4v) is 2.09. The third-order valence-corrected chi connectivity index (χ3v) is 3.20. The fourth-order valence-electron chi connectivity index (χ4n) is 2.09. The molecule has 1 saturated heterocycles. The van der Waals surface area contributed by atoms with Crippen LogP contribution in [0.25, 0.3) is 0 Å². The molecule has 2 rings (SSSR count). The van der Waals surface area contributed by atoms with Gasteiger partial charge >= 0.3 is 5.97 Å². The summed E-state index contributed by atoms with van der Waals surface area (Å²) < 4.78 is 15.7. The monoisotopic (exact) mass is 266 g/mol. The molecule has 0 amide bonds. The molecule has 5 nitrogen and oxygen atoms in total. The molecular weight excluding hydrogens is 248 g/mol. The number of benzene rings is 1. The van der Waals surface area contributed by atoms with Crippen LogP contribution in [0.4, 0.5) is 0 Å². The van der Waals surface area contributed by atoms with Gasteiger partial charge in [-0.2, -0.15) is 0 Å². The van der Waals surface area contributed by atoms with Gasteiger partial charge in [0.15, 0.2) is 6.10 Å². The highest BCUT2D eigenvalue weighted by Gasteiger charge is 2.46. The van der Waals surface area contributed by atoms with Crippen LogP contribution in [0.3, 0.4) is 0 Å². The number of aliphatic hydroxyl groups is 1. The number of esters is 1. The number of rotatable bonds is 4. The summed E-state index contributed by atoms with van der Waals surface area (Å²) in [7, 11) is 1.29. The third-order valence-electron chi connectivity index (χ3n) is 3.20. The normalized spacial score (nSPS) is 30.3. The van der Waals surface area contributed by atoms with Crippen molar-refractivity contribution in [2.45, 2.75) is 37.9 Å². The first-order valence-corrected chi connectivity index (χ1v) is 6.20. The molecule has 1 aliphatic heterocycles. The zero-order valence-electron chi connectivity index (χ0n) is 11.0. The molecular formula is C14H18O5. The van der Waals surface area contributed by atoms with Crippen LogP contribution < -0.4 is 0 Å². The Kier molecular flexibility index (Phi) is 4.52. The van der Waals surface area contributed by atoms with Crippen molar-refractivity contribution >= 4 is 5.97 Å². The van der Waals surface area contributed by atoms with Gasteiger partial charge in [0.25, 0.3) is 0 Å². The molecule has 0 aromatic heterocycles. The zero-order chi connectivity index (χ0) is 13.8. The standard InChI is InChI=1S/C14H18O5/c1-9-11(15)12(13(19-9)14(16)17-2)18-8-10-6-4-3-5-7-10/h3-7,9,11-13,15H,8H2,1-2H3/t9-,11-,12+,13-/m1/s1. The van der Waals surface area contributed by atoms with E-state index in [0.717, 1.165) is 5.56 Å². The van der Waals surface area contributed by atoms with Gasteiger partial charge in [0.1, 0.15) is 12.2 Å². The molecule has 0 radical (unpaired) electrons. The molecule has 1 aliphatic rings. The molecule has 1 N–H and O–H groups in total. The Hall–Kier alpha value is -1.43. The number of ether oxygens (including phenoxy) is 3. The summed E-state index contributed by atoms with van der Waals surface area (Å²) in [4.78, 5) is 11.6. The van der Waals surface area contributed by atoms with Crippen LogP contribution in [0.15, 0.2) is 30.3 Å². The molecule has 1 heterocycles. The maximum absolute atomic E-state index is 11.6. The topological polar surface area (TPSA) is 65.0 Å². The molecule has 0 bridgehead atoms. The lowest BCUT2D eigenvalue weighted by Crippen LogP contribution is -2.39. The highest BCUT2D eigenvalue weighted by atomic mass is 16.6. The Morgan fingerprint density at radius 1 is 1.37 bits per heavy atom. The van der Waals surface area contributed by atoms with Crippen LogP contribution in [-0.2, 0) is 25.6 Å². The van der Waals surface area contributed by atoms with Gasteiger partial charge in [-0.25, -0.2) is 4.79 Å². The molecule has 0 spiro atoms. The molecule has 0 saturated carbocycles. The summed E-state index contributed by atoms with van der Waals surface area (Å²) in [6.07, 6.45) is -2.88. The van der Waals surface area contributed by atoms with Crippen LogP contribution in [0.5, 0.6) is 0 Å². The largest absolute Gasteiger partial charge is 0.467 e. The Labute approximate surface area is 112 Å². The van der Waals surface area contributed by atoms with Crippen LogP contribution >= 0.6 is 0 Å². The van der Waals surface area contributed by atoms with Crippen molar-refractivity contribution in [1.82, 2.24) is 0 Å². The van der Waals surface area contributed by atoms with Crippen LogP contribution in [0, 0.1) is 0 Å². The van der Waals surface area contributed by atoms with Gasteiger partial charge in [-0.1, -0.05) is 30.3 Å². The molecule has 1 aromatic rings. The third kappa shape index (κ3) is 3.12. The van der Waals surface area contributed by atoms with Crippen molar-refractivity contribution in [1.29, 1.82) is 0 Å². The number of methoxy groups -OCH3 is 1. The van der Waals surface area contributed by atoms with E-state index in [4.69, 9.17) is 9.47 Å². The zero-order valence-corrected chi connectivity index (χ0v) is 11.0. The van der Waals surface area contributed by atoms with Gasteiger partial charge in [0.05, 0.1) is 19.8 Å². The quantitative estimate of drug-likeness (QED) is 0.820. The van der Waals surface area contributed by atoms with Gasteiger partial charge in [0.2, 0.25) is 0 Å². The molecule has 0 unspecified atom stereocenters. The summed E-state index contributed by atoms with van der Waals surface area (Å²) in [6, 6.07) is 9.55. The van der Waals surface area contributed by atoms with E-state index in [-0.39, 0.29) is 0 Å². The van der Waals surface area contributed by atoms with Crippen molar-refractivity contribution in [3.05, 3.63) is 35.9 Å². The second kappa shape index (κ2) is 6.14. The van der Waals surface area contributed by atoms with E-state index in [0.29, 0.717) is 6.61 Å². The highest BCUT2D eigenvalue weighted by molar-refractivity contribution is 5.76. The van der Waals surface area contributed by atoms with Crippen LogP contribution in [0.2, 0.25) is 0 Å². The smallest absolute Gasteiger partial charge is 0.337 e. The molecule has 4 atom stereocenters. The van der Waals surface area contributed by atoms with E-state index in [9.17, 15) is 9.90 Å². The predicted molar refractivity (Wildman–Crippen MR) is 67.4 cm³/mol. The van der Waals surface area contributed by atoms with E-state index in [1.54, 1.807) is 6.92 Å². The summed E-state index contributed by atoms with van der Waals surface area (Å²) in [6.45, 7) is 2.01. The Morgan fingerprint density at radius 3 is 2.68 bits per heavy atom. The predicted octanol–water partition coefficient (Wildman–Crippen LogP) is 0.893. The van der Waals surface area contributed by atoms with Crippen molar-refractivity contribution < 1.29 is 24.1 Å². The average Bonchev–Trinajstić information content (AvgIpc) is 2.73. The fraction of sp³-hybridized carbons (Fsp3) is 0.500. The van der Waals surface area contributed by atoms with Gasteiger partial charge < -0.3 is 19.3 Å². The number of carbonyl (C=O) groups excluding carboxylic acids is 1. The van der Waals surface area contributed by atoms with Crippen LogP contribution in [-0.4, -0.2) is 42.6 Å². The highest BCUT2D eigenvalue weighted by Crippen LogP contribution is 2.25. The number of aliphatic hydroxyl groups excluding tert-OH is 1. The van der Waals surface area contributed by atoms with E-state index < -0.39 is 30.4 Å². The number of hydrogen-bond donors (Lipinski definition) is 1. The Bertz CT molecular complexity index is 419.